The van der Waals surface area contributed by atoms with Gasteiger partial charge in [0.05, 0.1) is 0 Å². The molecule has 0 aliphatic heterocycles. The predicted molar refractivity (Wildman–Crippen MR) is 70.3 cm³/mol. The lowest BCUT2D eigenvalue weighted by atomic mass is 10.5. The molecule has 0 fully saturated rings. The number of nitrogens with zero attached hydrogens (tertiary/aromatic N) is 1. The van der Waals surface area contributed by atoms with Crippen molar-refractivity contribution in [2.75, 3.05) is 33.2 Å². The third-order valence-corrected chi connectivity index (χ3v) is 3.53. The summed E-state index contributed by atoms with van der Waals surface area (Å²) in [4.78, 5) is 0. The van der Waals surface area contributed by atoms with Gasteiger partial charge >= 0.3 is 0 Å². The minimum atomic E-state index is -3.27. The fourth-order valence-electron chi connectivity index (χ4n) is 1.12. The highest BCUT2D eigenvalue weighted by molar-refractivity contribution is 7.87. The average molecular weight is 274 g/mol. The number of hydrogen-bond donors (Lipinski definition) is 2. The smallest absolute Gasteiger partial charge is 0.279 e. The lowest BCUT2D eigenvalue weighted by Crippen LogP contribution is -2.41. The molecule has 0 rings (SSSR count). The summed E-state index contributed by atoms with van der Waals surface area (Å²) in [6.45, 7) is 6.62. The Morgan fingerprint density at radius 3 is 2.19 bits per heavy atom. The van der Waals surface area contributed by atoms with E-state index in [1.165, 1.54) is 4.31 Å². The first-order valence-electron chi connectivity index (χ1n) is 5.46. The van der Waals surface area contributed by atoms with E-state index in [1.807, 2.05) is 6.92 Å². The average Bonchev–Trinajstić information content (AvgIpc) is 2.18. The SMILES string of the molecule is CCCNCCNS(=O)(=O)N(C)CCC.Cl. The Labute approximate surface area is 106 Å². The lowest BCUT2D eigenvalue weighted by molar-refractivity contribution is 0.456. The highest BCUT2D eigenvalue weighted by atomic mass is 35.5. The van der Waals surface area contributed by atoms with Crippen molar-refractivity contribution >= 4 is 22.6 Å². The van der Waals surface area contributed by atoms with Crippen molar-refractivity contribution < 1.29 is 8.42 Å². The van der Waals surface area contributed by atoms with Gasteiger partial charge in [-0.1, -0.05) is 13.8 Å². The minimum Gasteiger partial charge on any atom is -0.315 e. The van der Waals surface area contributed by atoms with Crippen LogP contribution in [0.2, 0.25) is 0 Å². The van der Waals surface area contributed by atoms with Gasteiger partial charge in [-0.3, -0.25) is 0 Å². The molecule has 2 N–H and O–H groups in total. The predicted octanol–water partition coefficient (Wildman–Crippen LogP) is 0.584. The molecular weight excluding hydrogens is 250 g/mol. The van der Waals surface area contributed by atoms with Crippen LogP contribution in [0, 0.1) is 0 Å². The summed E-state index contributed by atoms with van der Waals surface area (Å²) in [6, 6.07) is 0. The molecule has 0 aliphatic carbocycles. The van der Waals surface area contributed by atoms with Crippen LogP contribution < -0.4 is 10.0 Å². The van der Waals surface area contributed by atoms with Gasteiger partial charge in [0.2, 0.25) is 0 Å². The number of halogens is 1. The molecule has 5 nitrogen and oxygen atoms in total. The summed E-state index contributed by atoms with van der Waals surface area (Å²) in [7, 11) is -1.68. The lowest BCUT2D eigenvalue weighted by Gasteiger charge is -2.16. The molecule has 0 aromatic carbocycles. The maximum Gasteiger partial charge on any atom is 0.279 e. The minimum absolute atomic E-state index is 0. The van der Waals surface area contributed by atoms with Gasteiger partial charge < -0.3 is 5.32 Å². The normalized spacial score (nSPS) is 11.5. The highest BCUT2D eigenvalue weighted by Crippen LogP contribution is 1.94. The fraction of sp³-hybridized carbons (Fsp3) is 1.00. The molecule has 0 amide bonds. The molecule has 0 atom stereocenters. The molecule has 16 heavy (non-hydrogen) atoms. The molecule has 0 heterocycles. The number of nitrogens with one attached hydrogen (secondary N) is 2. The van der Waals surface area contributed by atoms with Crippen molar-refractivity contribution in [1.29, 1.82) is 0 Å². The monoisotopic (exact) mass is 273 g/mol. The van der Waals surface area contributed by atoms with Crippen molar-refractivity contribution in [3.8, 4) is 0 Å². The van der Waals surface area contributed by atoms with Crippen molar-refractivity contribution in [1.82, 2.24) is 14.3 Å². The first kappa shape index (κ1) is 18.5. The van der Waals surface area contributed by atoms with Gasteiger partial charge in [0.15, 0.2) is 0 Å². The molecule has 0 spiro atoms. The van der Waals surface area contributed by atoms with E-state index in [-0.39, 0.29) is 12.4 Å². The first-order chi connectivity index (χ1) is 7.04. The van der Waals surface area contributed by atoms with E-state index in [0.717, 1.165) is 19.4 Å². The Bertz CT molecular complexity index is 247. The van der Waals surface area contributed by atoms with Crippen LogP contribution in [0.3, 0.4) is 0 Å². The Hall–Kier alpha value is 0.120. The van der Waals surface area contributed by atoms with E-state index < -0.39 is 10.2 Å². The highest BCUT2D eigenvalue weighted by Gasteiger charge is 2.14. The topological polar surface area (TPSA) is 61.4 Å². The van der Waals surface area contributed by atoms with Gasteiger partial charge in [-0.2, -0.15) is 12.7 Å². The van der Waals surface area contributed by atoms with Gasteiger partial charge in [-0.05, 0) is 19.4 Å². The summed E-state index contributed by atoms with van der Waals surface area (Å²) in [5.41, 5.74) is 0. The van der Waals surface area contributed by atoms with Crippen molar-refractivity contribution in [3.05, 3.63) is 0 Å². The van der Waals surface area contributed by atoms with Crippen LogP contribution in [-0.4, -0.2) is 45.9 Å². The van der Waals surface area contributed by atoms with Crippen LogP contribution in [0.1, 0.15) is 26.7 Å². The van der Waals surface area contributed by atoms with Crippen molar-refractivity contribution in [3.63, 3.8) is 0 Å². The third kappa shape index (κ3) is 8.29. The molecular formula is C9H24ClN3O2S. The molecule has 0 aromatic heterocycles. The summed E-state index contributed by atoms with van der Waals surface area (Å²) < 4.78 is 27.0. The van der Waals surface area contributed by atoms with Crippen molar-refractivity contribution in [2.24, 2.45) is 0 Å². The maximum absolute atomic E-state index is 11.5. The number of rotatable bonds is 9. The third-order valence-electron chi connectivity index (χ3n) is 1.96. The Kier molecular flexibility index (Phi) is 11.9. The van der Waals surface area contributed by atoms with Crippen LogP contribution in [0.25, 0.3) is 0 Å². The van der Waals surface area contributed by atoms with E-state index in [4.69, 9.17) is 0 Å². The van der Waals surface area contributed by atoms with Gasteiger partial charge in [0, 0.05) is 26.7 Å². The molecule has 0 aliphatic rings. The largest absolute Gasteiger partial charge is 0.315 e. The maximum atomic E-state index is 11.5. The summed E-state index contributed by atoms with van der Waals surface area (Å²) >= 11 is 0. The second-order valence-electron chi connectivity index (χ2n) is 3.47. The molecule has 0 saturated carbocycles. The molecule has 100 valence electrons. The Balaban J connectivity index is 0. The second-order valence-corrected chi connectivity index (χ2v) is 5.33. The Morgan fingerprint density at radius 2 is 1.69 bits per heavy atom. The van der Waals surface area contributed by atoms with E-state index in [2.05, 4.69) is 17.0 Å². The van der Waals surface area contributed by atoms with Crippen molar-refractivity contribution in [2.45, 2.75) is 26.7 Å². The zero-order chi connectivity index (χ0) is 11.7. The standard InChI is InChI=1S/C9H23N3O2S.ClH/c1-4-6-10-7-8-11-15(13,14)12(3)9-5-2;/h10-11H,4-9H2,1-3H3;1H. The van der Waals surface area contributed by atoms with Crippen LogP contribution in [0.15, 0.2) is 0 Å². The second kappa shape index (κ2) is 10.3. The quantitative estimate of drug-likeness (QED) is 0.605. The molecule has 0 saturated heterocycles. The van der Waals surface area contributed by atoms with Crippen LogP contribution in [0.4, 0.5) is 0 Å². The fourth-order valence-corrected chi connectivity index (χ4v) is 2.12. The summed E-state index contributed by atoms with van der Waals surface area (Å²) in [5, 5.41) is 3.13. The molecule has 7 heteroatoms. The van der Waals surface area contributed by atoms with Gasteiger partial charge in [0.25, 0.3) is 10.2 Å². The van der Waals surface area contributed by atoms with E-state index in [0.29, 0.717) is 19.6 Å². The summed E-state index contributed by atoms with van der Waals surface area (Å²) in [5.74, 6) is 0. The van der Waals surface area contributed by atoms with Gasteiger partial charge in [-0.25, -0.2) is 4.72 Å². The van der Waals surface area contributed by atoms with Crippen LogP contribution in [-0.2, 0) is 10.2 Å². The van der Waals surface area contributed by atoms with Crippen LogP contribution >= 0.6 is 12.4 Å². The number of hydrogen-bond acceptors (Lipinski definition) is 3. The van der Waals surface area contributed by atoms with E-state index in [1.54, 1.807) is 7.05 Å². The van der Waals surface area contributed by atoms with E-state index >= 15 is 0 Å². The molecule has 0 radical (unpaired) electrons. The van der Waals surface area contributed by atoms with Gasteiger partial charge in [0.1, 0.15) is 0 Å². The van der Waals surface area contributed by atoms with Gasteiger partial charge in [-0.15, -0.1) is 12.4 Å². The zero-order valence-corrected chi connectivity index (χ0v) is 12.0. The molecule has 0 bridgehead atoms. The van der Waals surface area contributed by atoms with E-state index in [9.17, 15) is 8.42 Å². The molecule has 0 aromatic rings. The zero-order valence-electron chi connectivity index (χ0n) is 10.3. The Morgan fingerprint density at radius 1 is 1.06 bits per heavy atom. The van der Waals surface area contributed by atoms with Crippen LogP contribution in [0.5, 0.6) is 0 Å². The first-order valence-corrected chi connectivity index (χ1v) is 6.90. The summed E-state index contributed by atoms with van der Waals surface area (Å²) in [6.07, 6.45) is 1.88. The molecule has 0 unspecified atom stereocenters.